The third kappa shape index (κ3) is 17.9. The van der Waals surface area contributed by atoms with Gasteiger partial charge in [0, 0.05) is 18.0 Å². The van der Waals surface area contributed by atoms with Crippen LogP contribution in [0.3, 0.4) is 0 Å². The first-order chi connectivity index (χ1) is 20.3. The SMILES string of the molecule is CC(=O)CCc1ccccc1C.CCCC(CC)N(C)C.CCCc1cc(C)ccc1C(C)=O.Cc1ccc(C)c(P)c1. The van der Waals surface area contributed by atoms with Gasteiger partial charge in [-0.15, -0.1) is 9.24 Å². The molecule has 3 rings (SSSR count). The van der Waals surface area contributed by atoms with Crippen LogP contribution in [0.4, 0.5) is 0 Å². The summed E-state index contributed by atoms with van der Waals surface area (Å²) in [6.07, 6.45) is 7.54. The molecule has 4 heteroatoms. The van der Waals surface area contributed by atoms with Gasteiger partial charge in [-0.25, -0.2) is 0 Å². The highest BCUT2D eigenvalue weighted by Gasteiger charge is 2.06. The number of hydrogen-bond donors (Lipinski definition) is 0. The fourth-order valence-electron chi connectivity index (χ4n) is 4.66. The van der Waals surface area contributed by atoms with Crippen LogP contribution in [0.15, 0.2) is 60.7 Å². The van der Waals surface area contributed by atoms with E-state index in [1.165, 1.54) is 57.9 Å². The number of aryl methyl sites for hydroxylation is 6. The van der Waals surface area contributed by atoms with E-state index in [0.717, 1.165) is 30.9 Å². The van der Waals surface area contributed by atoms with Crippen LogP contribution >= 0.6 is 9.24 Å². The number of Topliss-reactive ketones (excluding diaryl/α,β-unsaturated/α-hetero) is 2. The third-order valence-electron chi connectivity index (χ3n) is 7.43. The molecule has 0 aliphatic rings. The van der Waals surface area contributed by atoms with E-state index in [0.29, 0.717) is 6.42 Å². The van der Waals surface area contributed by atoms with Crippen LogP contribution in [0.1, 0.15) is 110 Å². The molecule has 3 nitrogen and oxygen atoms in total. The highest BCUT2D eigenvalue weighted by atomic mass is 31.0. The minimum atomic E-state index is 0.170. The molecule has 43 heavy (non-hydrogen) atoms. The average molecular weight is 606 g/mol. The summed E-state index contributed by atoms with van der Waals surface area (Å²) in [5.74, 6) is 0.432. The second-order valence-corrected chi connectivity index (χ2v) is 12.4. The maximum absolute atomic E-state index is 11.3. The molecule has 3 aromatic carbocycles. The van der Waals surface area contributed by atoms with E-state index in [1.54, 1.807) is 13.8 Å². The molecule has 0 aliphatic heterocycles. The van der Waals surface area contributed by atoms with Crippen LogP contribution in [0, 0.1) is 27.7 Å². The minimum Gasteiger partial charge on any atom is -0.306 e. The number of ketones is 2. The number of carbonyl (C=O) groups is 2. The maximum atomic E-state index is 11.3. The Balaban J connectivity index is 0.000000555. The van der Waals surface area contributed by atoms with Crippen LogP contribution in [0.5, 0.6) is 0 Å². The van der Waals surface area contributed by atoms with Crippen LogP contribution in [0.2, 0.25) is 0 Å². The van der Waals surface area contributed by atoms with Gasteiger partial charge in [0.25, 0.3) is 0 Å². The van der Waals surface area contributed by atoms with Gasteiger partial charge in [-0.1, -0.05) is 105 Å². The highest BCUT2D eigenvalue weighted by molar-refractivity contribution is 7.27. The smallest absolute Gasteiger partial charge is 0.160 e. The van der Waals surface area contributed by atoms with E-state index in [4.69, 9.17) is 0 Å². The Hall–Kier alpha value is -2.61. The molecule has 2 atom stereocenters. The number of rotatable bonds is 10. The molecule has 2 unspecified atom stereocenters. The fraction of sp³-hybridized carbons (Fsp3) is 0.487. The van der Waals surface area contributed by atoms with Crippen molar-refractivity contribution in [2.24, 2.45) is 0 Å². The Morgan fingerprint density at radius 1 is 0.744 bits per heavy atom. The Kier molecular flexibility index (Phi) is 21.5. The van der Waals surface area contributed by atoms with Gasteiger partial charge >= 0.3 is 0 Å². The maximum Gasteiger partial charge on any atom is 0.160 e. The Bertz CT molecular complexity index is 1230. The quantitative estimate of drug-likeness (QED) is 0.171. The van der Waals surface area contributed by atoms with Gasteiger partial charge in [0.05, 0.1) is 0 Å². The van der Waals surface area contributed by atoms with Crippen molar-refractivity contribution in [2.75, 3.05) is 14.1 Å². The lowest BCUT2D eigenvalue weighted by atomic mass is 9.98. The summed E-state index contributed by atoms with van der Waals surface area (Å²) in [6, 6.07) is 21.5. The summed E-state index contributed by atoms with van der Waals surface area (Å²) < 4.78 is 0. The van der Waals surface area contributed by atoms with Crippen LogP contribution in [-0.2, 0) is 17.6 Å². The molecular formula is C39H60NO2P. The van der Waals surface area contributed by atoms with E-state index >= 15 is 0 Å². The van der Waals surface area contributed by atoms with Gasteiger partial charge in [0.1, 0.15) is 5.78 Å². The zero-order chi connectivity index (χ0) is 32.9. The number of benzene rings is 3. The second-order valence-electron chi connectivity index (χ2n) is 11.8. The summed E-state index contributed by atoms with van der Waals surface area (Å²) in [7, 11) is 7.03. The van der Waals surface area contributed by atoms with Gasteiger partial charge in [-0.2, -0.15) is 0 Å². The van der Waals surface area contributed by atoms with Gasteiger partial charge in [-0.05, 0) is 109 Å². The van der Waals surface area contributed by atoms with Crippen LogP contribution in [0.25, 0.3) is 0 Å². The lowest BCUT2D eigenvalue weighted by Gasteiger charge is -2.21. The van der Waals surface area contributed by atoms with Crippen LogP contribution < -0.4 is 5.30 Å². The van der Waals surface area contributed by atoms with Crippen LogP contribution in [-0.4, -0.2) is 36.6 Å². The van der Waals surface area contributed by atoms with E-state index < -0.39 is 0 Å². The monoisotopic (exact) mass is 605 g/mol. The summed E-state index contributed by atoms with van der Waals surface area (Å²) >= 11 is 0. The standard InChI is InChI=1S/C12H16O.C11H14O.C8H19N.C8H11P/c1-4-5-11-8-9(2)6-7-12(11)10(3)13;1-9-5-3-4-6-11(9)8-7-10(2)12;1-5-7-8(6-2)9(3)4;1-6-3-4-7(2)8(9)5-6/h6-8H,4-5H2,1-3H3;3-6H,7-8H2,1-2H3;8H,5-7H2,1-4H3;3-5H,9H2,1-2H3. The predicted octanol–water partition coefficient (Wildman–Crippen LogP) is 9.60. The van der Waals surface area contributed by atoms with E-state index in [9.17, 15) is 9.59 Å². The van der Waals surface area contributed by atoms with E-state index in [2.05, 4.69) is 113 Å². The molecule has 238 valence electrons. The molecule has 0 bridgehead atoms. The Labute approximate surface area is 267 Å². The number of hydrogen-bond acceptors (Lipinski definition) is 3. The number of nitrogens with zero attached hydrogens (tertiary/aromatic N) is 1. The van der Waals surface area contributed by atoms with Crippen molar-refractivity contribution in [3.63, 3.8) is 0 Å². The fourth-order valence-corrected chi connectivity index (χ4v) is 5.02. The molecule has 0 aliphatic carbocycles. The van der Waals surface area contributed by atoms with Crippen molar-refractivity contribution in [3.05, 3.63) is 99.6 Å². The molecule has 0 fully saturated rings. The van der Waals surface area contributed by atoms with Crippen molar-refractivity contribution >= 4 is 26.1 Å². The zero-order valence-electron chi connectivity index (χ0n) is 29.1. The van der Waals surface area contributed by atoms with Gasteiger partial charge in [0.15, 0.2) is 5.78 Å². The zero-order valence-corrected chi connectivity index (χ0v) is 30.3. The summed E-state index contributed by atoms with van der Waals surface area (Å²) in [5.41, 5.74) is 8.53. The molecule has 0 saturated carbocycles. The topological polar surface area (TPSA) is 37.4 Å². The first-order valence-corrected chi connectivity index (χ1v) is 16.5. The minimum absolute atomic E-state index is 0.170. The largest absolute Gasteiger partial charge is 0.306 e. The normalized spacial score (nSPS) is 10.8. The second kappa shape index (κ2) is 22.9. The van der Waals surface area contributed by atoms with Gasteiger partial charge in [0.2, 0.25) is 0 Å². The summed E-state index contributed by atoms with van der Waals surface area (Å²) in [5, 5.41) is 1.30. The van der Waals surface area contributed by atoms with Gasteiger partial charge < -0.3 is 9.69 Å². The molecule has 0 N–H and O–H groups in total. The summed E-state index contributed by atoms with van der Waals surface area (Å²) in [4.78, 5) is 24.3. The third-order valence-corrected chi connectivity index (χ3v) is 8.05. The molecule has 0 saturated heterocycles. The van der Waals surface area contributed by atoms with Crippen molar-refractivity contribution in [2.45, 2.75) is 113 Å². The molecule has 0 spiro atoms. The first kappa shape index (κ1) is 40.4. The van der Waals surface area contributed by atoms with E-state index in [-0.39, 0.29) is 11.6 Å². The molecule has 3 aromatic rings. The Morgan fingerprint density at radius 2 is 1.35 bits per heavy atom. The van der Waals surface area contributed by atoms with Crippen molar-refractivity contribution in [1.29, 1.82) is 0 Å². The van der Waals surface area contributed by atoms with Crippen molar-refractivity contribution in [3.8, 4) is 0 Å². The van der Waals surface area contributed by atoms with Crippen molar-refractivity contribution in [1.82, 2.24) is 4.90 Å². The lowest BCUT2D eigenvalue weighted by molar-refractivity contribution is -0.116. The molecule has 0 radical (unpaired) electrons. The van der Waals surface area contributed by atoms with Gasteiger partial charge in [-0.3, -0.25) is 4.79 Å². The van der Waals surface area contributed by atoms with Crippen molar-refractivity contribution < 1.29 is 9.59 Å². The molecule has 0 aromatic heterocycles. The predicted molar refractivity (Wildman–Crippen MR) is 193 cm³/mol. The number of carbonyl (C=O) groups excluding carboxylic acids is 2. The average Bonchev–Trinajstić information content (AvgIpc) is 2.94. The summed E-state index contributed by atoms with van der Waals surface area (Å²) in [6.45, 7) is 18.2. The molecule has 0 amide bonds. The highest BCUT2D eigenvalue weighted by Crippen LogP contribution is 2.14. The van der Waals surface area contributed by atoms with E-state index in [1.807, 2.05) is 24.3 Å². The lowest BCUT2D eigenvalue weighted by Crippen LogP contribution is -2.26. The first-order valence-electron chi connectivity index (χ1n) is 15.9. The molecular weight excluding hydrogens is 545 g/mol. The Morgan fingerprint density at radius 3 is 1.79 bits per heavy atom. The molecule has 0 heterocycles.